The number of amides is 1. The number of hydrogen-bond donors (Lipinski definition) is 1. The fourth-order valence-electron chi connectivity index (χ4n) is 1.88. The van der Waals surface area contributed by atoms with Gasteiger partial charge in [-0.25, -0.2) is 4.39 Å². The Balaban J connectivity index is 2.07. The Labute approximate surface area is 87.7 Å². The van der Waals surface area contributed by atoms with E-state index >= 15 is 0 Å². The molecule has 1 atom stereocenters. The number of anilines is 1. The van der Waals surface area contributed by atoms with E-state index in [4.69, 9.17) is 5.73 Å². The van der Waals surface area contributed by atoms with Crippen molar-refractivity contribution in [3.8, 4) is 0 Å². The number of nitrogens with two attached hydrogens (primary N) is 1. The Hall–Kier alpha value is -1.58. The highest BCUT2D eigenvalue weighted by Gasteiger charge is 2.26. The summed E-state index contributed by atoms with van der Waals surface area (Å²) in [5, 5.41) is 0. The Kier molecular flexibility index (Phi) is 2.58. The van der Waals surface area contributed by atoms with Gasteiger partial charge in [-0.3, -0.25) is 4.79 Å². The van der Waals surface area contributed by atoms with Crippen LogP contribution in [-0.2, 0) is 4.79 Å². The van der Waals surface area contributed by atoms with E-state index in [1.807, 2.05) is 0 Å². The molecule has 1 heterocycles. The van der Waals surface area contributed by atoms with Crippen molar-refractivity contribution in [3.63, 3.8) is 0 Å². The van der Waals surface area contributed by atoms with Crippen LogP contribution in [-0.4, -0.2) is 19.0 Å². The molecule has 1 fully saturated rings. The summed E-state index contributed by atoms with van der Waals surface area (Å²) in [5.74, 6) is -0.570. The lowest BCUT2D eigenvalue weighted by Gasteiger charge is -2.17. The van der Waals surface area contributed by atoms with E-state index in [1.54, 1.807) is 12.1 Å². The van der Waals surface area contributed by atoms with E-state index in [1.165, 1.54) is 12.1 Å². The van der Waals surface area contributed by atoms with Gasteiger partial charge in [-0.1, -0.05) is 0 Å². The molecule has 2 rings (SSSR count). The Morgan fingerprint density at radius 2 is 2.07 bits per heavy atom. The van der Waals surface area contributed by atoms with Crippen LogP contribution in [0.25, 0.3) is 0 Å². The number of hydrogen-bond acceptors (Lipinski definition) is 2. The summed E-state index contributed by atoms with van der Waals surface area (Å²) in [6.07, 6.45) is 0.784. The number of benzene rings is 1. The van der Waals surface area contributed by atoms with E-state index in [-0.39, 0.29) is 17.6 Å². The van der Waals surface area contributed by atoms with Crippen molar-refractivity contribution in [2.45, 2.75) is 6.42 Å². The number of nitrogens with zero attached hydrogens (tertiary/aromatic N) is 1. The molecule has 2 N–H and O–H groups in total. The minimum atomic E-state index is -0.250. The van der Waals surface area contributed by atoms with Gasteiger partial charge in [0.1, 0.15) is 5.82 Å². The molecule has 1 aliphatic rings. The number of primary amides is 1. The highest BCUT2D eigenvalue weighted by molar-refractivity contribution is 5.78. The van der Waals surface area contributed by atoms with Gasteiger partial charge in [-0.05, 0) is 30.7 Å². The molecule has 3 nitrogen and oxygen atoms in total. The SMILES string of the molecule is NC(=O)C1CCN(c2ccc(F)cc2)C1. The molecule has 1 aliphatic heterocycles. The molecule has 1 saturated heterocycles. The molecule has 0 aliphatic carbocycles. The van der Waals surface area contributed by atoms with Gasteiger partial charge in [0, 0.05) is 18.8 Å². The fraction of sp³-hybridized carbons (Fsp3) is 0.364. The summed E-state index contributed by atoms with van der Waals surface area (Å²) < 4.78 is 12.7. The minimum Gasteiger partial charge on any atom is -0.371 e. The minimum absolute atomic E-state index is 0.0740. The van der Waals surface area contributed by atoms with Gasteiger partial charge in [0.25, 0.3) is 0 Å². The lowest BCUT2D eigenvalue weighted by Crippen LogP contribution is -2.27. The quantitative estimate of drug-likeness (QED) is 0.792. The molecule has 1 aromatic rings. The van der Waals surface area contributed by atoms with Crippen molar-refractivity contribution in [1.29, 1.82) is 0 Å². The van der Waals surface area contributed by atoms with E-state index in [9.17, 15) is 9.18 Å². The molecule has 1 amide bonds. The van der Waals surface area contributed by atoms with Gasteiger partial charge in [0.05, 0.1) is 5.92 Å². The van der Waals surface area contributed by atoms with E-state index < -0.39 is 0 Å². The molecular weight excluding hydrogens is 195 g/mol. The van der Waals surface area contributed by atoms with Crippen LogP contribution in [0.4, 0.5) is 10.1 Å². The zero-order chi connectivity index (χ0) is 10.8. The molecule has 0 bridgehead atoms. The van der Waals surface area contributed by atoms with Crippen LogP contribution in [0.1, 0.15) is 6.42 Å². The van der Waals surface area contributed by atoms with Crippen LogP contribution in [0.5, 0.6) is 0 Å². The highest BCUT2D eigenvalue weighted by atomic mass is 19.1. The molecule has 4 heteroatoms. The second kappa shape index (κ2) is 3.88. The molecule has 1 unspecified atom stereocenters. The Bertz CT molecular complexity index is 363. The second-order valence-corrected chi connectivity index (χ2v) is 3.81. The number of carbonyl (C=O) groups excluding carboxylic acids is 1. The normalized spacial score (nSPS) is 20.6. The lowest BCUT2D eigenvalue weighted by atomic mass is 10.1. The zero-order valence-corrected chi connectivity index (χ0v) is 8.32. The van der Waals surface area contributed by atoms with Crippen LogP contribution >= 0.6 is 0 Å². The van der Waals surface area contributed by atoms with Gasteiger partial charge < -0.3 is 10.6 Å². The monoisotopic (exact) mass is 208 g/mol. The van der Waals surface area contributed by atoms with Crippen molar-refractivity contribution in [3.05, 3.63) is 30.1 Å². The molecule has 0 radical (unpaired) electrons. The lowest BCUT2D eigenvalue weighted by molar-refractivity contribution is -0.121. The number of halogens is 1. The average molecular weight is 208 g/mol. The first kappa shape index (κ1) is 9.96. The Morgan fingerprint density at radius 1 is 1.40 bits per heavy atom. The predicted molar refractivity (Wildman–Crippen MR) is 55.9 cm³/mol. The maximum atomic E-state index is 12.7. The topological polar surface area (TPSA) is 46.3 Å². The summed E-state index contributed by atoms with van der Waals surface area (Å²) in [7, 11) is 0. The molecular formula is C11H13FN2O. The third-order valence-corrected chi connectivity index (χ3v) is 2.78. The van der Waals surface area contributed by atoms with E-state index in [0.717, 1.165) is 18.7 Å². The van der Waals surface area contributed by atoms with E-state index in [2.05, 4.69) is 4.90 Å². The molecule has 0 saturated carbocycles. The van der Waals surface area contributed by atoms with Crippen LogP contribution < -0.4 is 10.6 Å². The largest absolute Gasteiger partial charge is 0.371 e. The third-order valence-electron chi connectivity index (χ3n) is 2.78. The maximum Gasteiger partial charge on any atom is 0.222 e. The summed E-state index contributed by atoms with van der Waals surface area (Å²) in [6.45, 7) is 1.44. The molecule has 1 aromatic carbocycles. The van der Waals surface area contributed by atoms with Crippen LogP contribution in [0, 0.1) is 11.7 Å². The van der Waals surface area contributed by atoms with Crippen LogP contribution in [0.15, 0.2) is 24.3 Å². The number of rotatable bonds is 2. The third kappa shape index (κ3) is 2.09. The van der Waals surface area contributed by atoms with Crippen LogP contribution in [0.2, 0.25) is 0 Å². The zero-order valence-electron chi connectivity index (χ0n) is 8.32. The highest BCUT2D eigenvalue weighted by Crippen LogP contribution is 2.23. The summed E-state index contributed by atoms with van der Waals surface area (Å²) in [4.78, 5) is 13.0. The van der Waals surface area contributed by atoms with Crippen molar-refractivity contribution in [2.75, 3.05) is 18.0 Å². The average Bonchev–Trinajstić information content (AvgIpc) is 2.68. The molecule has 15 heavy (non-hydrogen) atoms. The van der Waals surface area contributed by atoms with Gasteiger partial charge in [-0.2, -0.15) is 0 Å². The standard InChI is InChI=1S/C11H13FN2O/c12-9-1-3-10(4-2-9)14-6-5-8(7-14)11(13)15/h1-4,8H,5-7H2,(H2,13,15). The fourth-order valence-corrected chi connectivity index (χ4v) is 1.88. The predicted octanol–water partition coefficient (Wildman–Crippen LogP) is 1.14. The van der Waals surface area contributed by atoms with Crippen molar-refractivity contribution >= 4 is 11.6 Å². The first-order chi connectivity index (χ1) is 7.16. The summed E-state index contributed by atoms with van der Waals surface area (Å²) in [6, 6.07) is 6.29. The number of carbonyl (C=O) groups is 1. The molecule has 0 aromatic heterocycles. The maximum absolute atomic E-state index is 12.7. The van der Waals surface area contributed by atoms with Gasteiger partial charge in [-0.15, -0.1) is 0 Å². The van der Waals surface area contributed by atoms with Crippen molar-refractivity contribution in [1.82, 2.24) is 0 Å². The Morgan fingerprint density at radius 3 is 2.60 bits per heavy atom. The van der Waals surface area contributed by atoms with Gasteiger partial charge in [0.2, 0.25) is 5.91 Å². The second-order valence-electron chi connectivity index (χ2n) is 3.81. The smallest absolute Gasteiger partial charge is 0.222 e. The van der Waals surface area contributed by atoms with Crippen molar-refractivity contribution < 1.29 is 9.18 Å². The first-order valence-corrected chi connectivity index (χ1v) is 4.96. The van der Waals surface area contributed by atoms with Gasteiger partial charge in [0.15, 0.2) is 0 Å². The summed E-state index contributed by atoms with van der Waals surface area (Å²) in [5.41, 5.74) is 6.18. The van der Waals surface area contributed by atoms with Crippen molar-refractivity contribution in [2.24, 2.45) is 11.7 Å². The molecule has 80 valence electrons. The van der Waals surface area contributed by atoms with E-state index in [0.29, 0.717) is 6.54 Å². The molecule has 0 spiro atoms. The summed E-state index contributed by atoms with van der Waals surface area (Å²) >= 11 is 0. The van der Waals surface area contributed by atoms with Gasteiger partial charge >= 0.3 is 0 Å². The first-order valence-electron chi connectivity index (χ1n) is 4.96. The van der Waals surface area contributed by atoms with Crippen LogP contribution in [0.3, 0.4) is 0 Å².